The van der Waals surface area contributed by atoms with Gasteiger partial charge in [0.1, 0.15) is 17.8 Å². The molecule has 0 radical (unpaired) electrons. The van der Waals surface area contributed by atoms with Crippen LogP contribution in [0.2, 0.25) is 0 Å². The number of hydrogen-bond acceptors (Lipinski definition) is 5. The standard InChI is InChI=1S/C25H32N2O6/c1-2-3-9-20(26-21(24(30)31)15-12-17-7-5-4-6-8-17)23(29)27-22(25(32)33)16-18-10-13-19(28)14-11-18/h4-8,10-11,13-14,20-22,26,28H,2-3,9,12,15-16H2,1H3,(H,27,29)(H,30,31)(H,32,33)/t20-,21-,22-/m0/s1. The zero-order valence-corrected chi connectivity index (χ0v) is 18.7. The topological polar surface area (TPSA) is 136 Å². The number of nitrogens with one attached hydrogen (secondary N) is 2. The second kappa shape index (κ2) is 13.2. The molecule has 3 atom stereocenters. The van der Waals surface area contributed by atoms with Gasteiger partial charge in [-0.2, -0.15) is 0 Å². The van der Waals surface area contributed by atoms with Crippen molar-refractivity contribution in [2.24, 2.45) is 0 Å². The molecule has 2 rings (SSSR count). The number of aromatic hydroxyl groups is 1. The third-order valence-corrected chi connectivity index (χ3v) is 5.42. The second-order valence-electron chi connectivity index (χ2n) is 8.05. The predicted molar refractivity (Wildman–Crippen MR) is 124 cm³/mol. The number of unbranched alkanes of at least 4 members (excludes halogenated alkanes) is 1. The first-order valence-corrected chi connectivity index (χ1v) is 11.1. The van der Waals surface area contributed by atoms with E-state index in [-0.39, 0.29) is 12.2 Å². The molecule has 1 amide bonds. The van der Waals surface area contributed by atoms with Gasteiger partial charge in [0, 0.05) is 6.42 Å². The highest BCUT2D eigenvalue weighted by Gasteiger charge is 2.29. The molecule has 8 heteroatoms. The predicted octanol–water partition coefficient (Wildman–Crippen LogP) is 2.74. The maximum Gasteiger partial charge on any atom is 0.326 e. The summed E-state index contributed by atoms with van der Waals surface area (Å²) in [6.07, 6.45) is 2.76. The van der Waals surface area contributed by atoms with Crippen molar-refractivity contribution in [3.05, 3.63) is 65.7 Å². The Bertz CT molecular complexity index is 901. The molecular formula is C25H32N2O6. The number of carboxylic acid groups (broad SMARTS) is 2. The van der Waals surface area contributed by atoms with Crippen molar-refractivity contribution < 1.29 is 29.7 Å². The molecule has 0 aromatic heterocycles. The van der Waals surface area contributed by atoms with Crippen LogP contribution in [0.1, 0.15) is 43.7 Å². The number of aryl methyl sites for hydroxylation is 1. The Balaban J connectivity index is 2.07. The van der Waals surface area contributed by atoms with Gasteiger partial charge >= 0.3 is 11.9 Å². The van der Waals surface area contributed by atoms with Crippen molar-refractivity contribution in [1.82, 2.24) is 10.6 Å². The molecule has 8 nitrogen and oxygen atoms in total. The van der Waals surface area contributed by atoms with Crippen molar-refractivity contribution in [3.8, 4) is 5.75 Å². The summed E-state index contributed by atoms with van der Waals surface area (Å²) >= 11 is 0. The normalized spacial score (nSPS) is 13.6. The lowest BCUT2D eigenvalue weighted by molar-refractivity contribution is -0.143. The third kappa shape index (κ3) is 8.94. The molecular weight excluding hydrogens is 424 g/mol. The van der Waals surface area contributed by atoms with Gasteiger partial charge in [0.15, 0.2) is 0 Å². The van der Waals surface area contributed by atoms with E-state index < -0.39 is 36.0 Å². The fraction of sp³-hybridized carbons (Fsp3) is 0.400. The van der Waals surface area contributed by atoms with Gasteiger partial charge in [-0.3, -0.25) is 14.9 Å². The fourth-order valence-corrected chi connectivity index (χ4v) is 3.52. The number of hydrogen-bond donors (Lipinski definition) is 5. The van der Waals surface area contributed by atoms with E-state index in [1.54, 1.807) is 12.1 Å². The maximum atomic E-state index is 13.0. The summed E-state index contributed by atoms with van der Waals surface area (Å²) in [7, 11) is 0. The van der Waals surface area contributed by atoms with E-state index in [2.05, 4.69) is 10.6 Å². The quantitative estimate of drug-likeness (QED) is 0.295. The molecule has 0 bridgehead atoms. The van der Waals surface area contributed by atoms with Gasteiger partial charge in [-0.15, -0.1) is 0 Å². The Kier molecular flexibility index (Phi) is 10.4. The summed E-state index contributed by atoms with van der Waals surface area (Å²) in [5.74, 6) is -2.72. The lowest BCUT2D eigenvalue weighted by Gasteiger charge is -2.25. The Morgan fingerprint density at radius 1 is 0.818 bits per heavy atom. The van der Waals surface area contributed by atoms with Crippen LogP contribution in [0.3, 0.4) is 0 Å². The number of carboxylic acids is 2. The van der Waals surface area contributed by atoms with Gasteiger partial charge in [-0.1, -0.05) is 62.2 Å². The third-order valence-electron chi connectivity index (χ3n) is 5.42. The Hall–Kier alpha value is -3.39. The van der Waals surface area contributed by atoms with Gasteiger partial charge < -0.3 is 20.6 Å². The molecule has 0 unspecified atom stereocenters. The molecule has 0 saturated carbocycles. The molecule has 0 aliphatic rings. The average molecular weight is 457 g/mol. The van der Waals surface area contributed by atoms with Crippen LogP contribution in [-0.2, 0) is 27.2 Å². The summed E-state index contributed by atoms with van der Waals surface area (Å²) in [5, 5.41) is 34.2. The van der Waals surface area contributed by atoms with E-state index in [9.17, 15) is 29.7 Å². The lowest BCUT2D eigenvalue weighted by Crippen LogP contribution is -2.54. The molecule has 0 aliphatic carbocycles. The highest BCUT2D eigenvalue weighted by molar-refractivity contribution is 5.87. The van der Waals surface area contributed by atoms with Crippen molar-refractivity contribution in [2.45, 2.75) is 63.6 Å². The molecule has 2 aromatic rings. The molecule has 0 aliphatic heterocycles. The Morgan fingerprint density at radius 2 is 1.45 bits per heavy atom. The average Bonchev–Trinajstić information content (AvgIpc) is 2.79. The summed E-state index contributed by atoms with van der Waals surface area (Å²) in [6, 6.07) is 12.6. The van der Waals surface area contributed by atoms with Gasteiger partial charge in [-0.05, 0) is 42.5 Å². The van der Waals surface area contributed by atoms with E-state index in [0.29, 0.717) is 31.2 Å². The fourth-order valence-electron chi connectivity index (χ4n) is 3.52. The number of carbonyl (C=O) groups is 3. The SMILES string of the molecule is CCCC[C@H](N[C@@H](CCc1ccccc1)C(=O)O)C(=O)N[C@@H](Cc1ccc(O)cc1)C(=O)O. The number of phenolic OH excluding ortho intramolecular Hbond substituents is 1. The smallest absolute Gasteiger partial charge is 0.326 e. The first-order chi connectivity index (χ1) is 15.8. The highest BCUT2D eigenvalue weighted by Crippen LogP contribution is 2.13. The Morgan fingerprint density at radius 3 is 2.03 bits per heavy atom. The number of amides is 1. The minimum atomic E-state index is -1.19. The van der Waals surface area contributed by atoms with Gasteiger partial charge in [0.2, 0.25) is 5.91 Å². The van der Waals surface area contributed by atoms with Crippen molar-refractivity contribution in [3.63, 3.8) is 0 Å². The minimum absolute atomic E-state index is 0.0399. The number of phenols is 1. The van der Waals surface area contributed by atoms with Gasteiger partial charge in [0.25, 0.3) is 0 Å². The van der Waals surface area contributed by atoms with E-state index >= 15 is 0 Å². The van der Waals surface area contributed by atoms with Crippen LogP contribution in [0.15, 0.2) is 54.6 Å². The van der Waals surface area contributed by atoms with E-state index in [1.807, 2.05) is 37.3 Å². The molecule has 2 aromatic carbocycles. The summed E-state index contributed by atoms with van der Waals surface area (Å²) in [5.41, 5.74) is 1.64. The van der Waals surface area contributed by atoms with Crippen LogP contribution in [0, 0.1) is 0 Å². The lowest BCUT2D eigenvalue weighted by atomic mass is 10.0. The molecule has 178 valence electrons. The van der Waals surface area contributed by atoms with E-state index in [1.165, 1.54) is 12.1 Å². The molecule has 33 heavy (non-hydrogen) atoms. The van der Waals surface area contributed by atoms with Crippen LogP contribution in [0.5, 0.6) is 5.75 Å². The number of aliphatic carboxylic acids is 2. The number of benzene rings is 2. The molecule has 0 heterocycles. The first kappa shape index (κ1) is 25.9. The number of carbonyl (C=O) groups excluding carboxylic acids is 1. The highest BCUT2D eigenvalue weighted by atomic mass is 16.4. The van der Waals surface area contributed by atoms with Gasteiger partial charge in [-0.25, -0.2) is 4.79 Å². The van der Waals surface area contributed by atoms with Crippen LogP contribution < -0.4 is 10.6 Å². The van der Waals surface area contributed by atoms with Crippen LogP contribution in [0.25, 0.3) is 0 Å². The summed E-state index contributed by atoms with van der Waals surface area (Å²) in [6.45, 7) is 1.96. The van der Waals surface area contributed by atoms with Crippen LogP contribution in [-0.4, -0.2) is 51.3 Å². The number of rotatable bonds is 14. The van der Waals surface area contributed by atoms with E-state index in [4.69, 9.17) is 0 Å². The molecule has 0 spiro atoms. The summed E-state index contributed by atoms with van der Waals surface area (Å²) < 4.78 is 0. The maximum absolute atomic E-state index is 13.0. The zero-order chi connectivity index (χ0) is 24.2. The summed E-state index contributed by atoms with van der Waals surface area (Å²) in [4.78, 5) is 36.6. The molecule has 0 fully saturated rings. The van der Waals surface area contributed by atoms with Crippen molar-refractivity contribution >= 4 is 17.8 Å². The first-order valence-electron chi connectivity index (χ1n) is 11.1. The molecule has 0 saturated heterocycles. The minimum Gasteiger partial charge on any atom is -0.508 e. The van der Waals surface area contributed by atoms with Crippen molar-refractivity contribution in [1.29, 1.82) is 0 Å². The van der Waals surface area contributed by atoms with Crippen LogP contribution >= 0.6 is 0 Å². The zero-order valence-electron chi connectivity index (χ0n) is 18.7. The monoisotopic (exact) mass is 456 g/mol. The molecule has 5 N–H and O–H groups in total. The largest absolute Gasteiger partial charge is 0.508 e. The Labute approximate surface area is 193 Å². The van der Waals surface area contributed by atoms with Gasteiger partial charge in [0.05, 0.1) is 6.04 Å². The van der Waals surface area contributed by atoms with Crippen LogP contribution in [0.4, 0.5) is 0 Å². The van der Waals surface area contributed by atoms with Crippen molar-refractivity contribution in [2.75, 3.05) is 0 Å². The second-order valence-corrected chi connectivity index (χ2v) is 8.05. The van der Waals surface area contributed by atoms with E-state index in [0.717, 1.165) is 12.0 Å².